The molecule has 8 aromatic carbocycles. The summed E-state index contributed by atoms with van der Waals surface area (Å²) in [4.78, 5) is 2.52. The summed E-state index contributed by atoms with van der Waals surface area (Å²) >= 11 is 0. The molecule has 0 aromatic heterocycles. The minimum atomic E-state index is -0.112. The highest BCUT2D eigenvalue weighted by Crippen LogP contribution is 2.57. The molecule has 280 valence electrons. The first-order valence-corrected chi connectivity index (χ1v) is 21.1. The van der Waals surface area contributed by atoms with Crippen LogP contribution in [0.3, 0.4) is 0 Å². The zero-order chi connectivity index (χ0) is 38.8. The number of hydrogen-bond donors (Lipinski definition) is 0. The van der Waals surface area contributed by atoms with E-state index >= 15 is 0 Å². The van der Waals surface area contributed by atoms with Crippen LogP contribution in [-0.4, -0.2) is 0 Å². The van der Waals surface area contributed by atoms with Gasteiger partial charge in [0.05, 0.1) is 0 Å². The third-order valence-electron chi connectivity index (χ3n) is 13.6. The summed E-state index contributed by atoms with van der Waals surface area (Å²) in [6.45, 7) is 4.78. The average Bonchev–Trinajstić information content (AvgIpc) is 3.68. The normalized spacial score (nSPS) is 15.3. The third-order valence-corrected chi connectivity index (χ3v) is 13.6. The molecule has 58 heavy (non-hydrogen) atoms. The van der Waals surface area contributed by atoms with Crippen LogP contribution >= 0.6 is 0 Å². The van der Waals surface area contributed by atoms with Crippen molar-refractivity contribution in [2.45, 2.75) is 56.8 Å². The molecule has 0 N–H and O–H groups in total. The summed E-state index contributed by atoms with van der Waals surface area (Å²) in [6, 6.07) is 70.5. The number of nitrogens with zero attached hydrogens (tertiary/aromatic N) is 1. The molecule has 3 aliphatic rings. The Bertz CT molecular complexity index is 2840. The van der Waals surface area contributed by atoms with Crippen molar-refractivity contribution in [3.8, 4) is 55.6 Å². The Morgan fingerprint density at radius 2 is 0.862 bits per heavy atom. The summed E-state index contributed by atoms with van der Waals surface area (Å²) in [5.74, 6) is 0. The molecule has 0 bridgehead atoms. The van der Waals surface area contributed by atoms with E-state index in [9.17, 15) is 0 Å². The summed E-state index contributed by atoms with van der Waals surface area (Å²) < 4.78 is 0. The second-order valence-electron chi connectivity index (χ2n) is 17.2. The highest BCUT2D eigenvalue weighted by molar-refractivity contribution is 5.93. The average molecular weight is 746 g/mol. The molecule has 0 saturated heterocycles. The van der Waals surface area contributed by atoms with Crippen LogP contribution in [0.4, 0.5) is 17.1 Å². The highest BCUT2D eigenvalue weighted by atomic mass is 15.1. The van der Waals surface area contributed by atoms with Gasteiger partial charge in [-0.2, -0.15) is 0 Å². The Kier molecular flexibility index (Phi) is 8.15. The molecular weight excluding hydrogens is 699 g/mol. The van der Waals surface area contributed by atoms with E-state index in [1.165, 1.54) is 116 Å². The van der Waals surface area contributed by atoms with E-state index in [-0.39, 0.29) is 10.8 Å². The lowest BCUT2D eigenvalue weighted by Gasteiger charge is -2.36. The van der Waals surface area contributed by atoms with Gasteiger partial charge in [-0.1, -0.05) is 185 Å². The van der Waals surface area contributed by atoms with Crippen molar-refractivity contribution >= 4 is 17.1 Å². The number of fused-ring (bicyclic) bond motifs is 8. The standard InChI is InChI=1S/C57H47N/c1-56(2)52-28-12-10-25-48(52)50-27-17-26-46(55(50)56)41-22-16-23-42(36-41)58(43-30-32-45(39-18-6-3-7-19-39)51(37-43)40-20-8-4-9-21-40)44-31-33-49-47-24-11-13-29-53(47)57(54(49)38-44)34-14-5-15-35-57/h3-4,6-13,16-33,36-38H,5,14-15,34-35H2,1-2H3. The Morgan fingerprint density at radius 3 is 1.60 bits per heavy atom. The maximum absolute atomic E-state index is 2.56. The fourth-order valence-electron chi connectivity index (χ4n) is 11.0. The maximum atomic E-state index is 2.56. The van der Waals surface area contributed by atoms with E-state index in [4.69, 9.17) is 0 Å². The predicted octanol–water partition coefficient (Wildman–Crippen LogP) is 15.7. The van der Waals surface area contributed by atoms with Crippen molar-refractivity contribution < 1.29 is 0 Å². The molecule has 0 radical (unpaired) electrons. The van der Waals surface area contributed by atoms with E-state index < -0.39 is 0 Å². The van der Waals surface area contributed by atoms with Gasteiger partial charge in [0.2, 0.25) is 0 Å². The molecule has 1 nitrogen and oxygen atoms in total. The lowest BCUT2D eigenvalue weighted by atomic mass is 9.68. The van der Waals surface area contributed by atoms with Crippen molar-refractivity contribution in [1.82, 2.24) is 0 Å². The molecule has 1 saturated carbocycles. The fraction of sp³-hybridized carbons (Fsp3) is 0.158. The van der Waals surface area contributed by atoms with Crippen LogP contribution in [0.2, 0.25) is 0 Å². The van der Waals surface area contributed by atoms with Crippen LogP contribution in [-0.2, 0) is 10.8 Å². The zero-order valence-corrected chi connectivity index (χ0v) is 33.4. The lowest BCUT2D eigenvalue weighted by molar-refractivity contribution is 0.353. The van der Waals surface area contributed by atoms with Gasteiger partial charge in [-0.15, -0.1) is 0 Å². The first-order chi connectivity index (χ1) is 28.5. The number of benzene rings is 8. The van der Waals surface area contributed by atoms with E-state index in [1.54, 1.807) is 0 Å². The smallest absolute Gasteiger partial charge is 0.0468 e. The topological polar surface area (TPSA) is 3.24 Å². The first-order valence-electron chi connectivity index (χ1n) is 21.1. The quantitative estimate of drug-likeness (QED) is 0.164. The predicted molar refractivity (Wildman–Crippen MR) is 244 cm³/mol. The molecule has 1 heteroatoms. The molecule has 11 rings (SSSR count). The molecule has 0 atom stereocenters. The van der Waals surface area contributed by atoms with Crippen LogP contribution in [0.15, 0.2) is 188 Å². The Morgan fingerprint density at radius 1 is 0.345 bits per heavy atom. The van der Waals surface area contributed by atoms with Gasteiger partial charge >= 0.3 is 0 Å². The van der Waals surface area contributed by atoms with E-state index in [1.807, 2.05) is 0 Å². The van der Waals surface area contributed by atoms with Crippen LogP contribution in [0.25, 0.3) is 55.6 Å². The first kappa shape index (κ1) is 34.8. The van der Waals surface area contributed by atoms with Crippen molar-refractivity contribution in [3.63, 3.8) is 0 Å². The van der Waals surface area contributed by atoms with Gasteiger partial charge in [-0.25, -0.2) is 0 Å². The van der Waals surface area contributed by atoms with Crippen LogP contribution < -0.4 is 4.90 Å². The zero-order valence-electron chi connectivity index (χ0n) is 33.4. The largest absolute Gasteiger partial charge is 0.310 e. The minimum Gasteiger partial charge on any atom is -0.310 e. The molecule has 0 heterocycles. The number of hydrogen-bond acceptors (Lipinski definition) is 1. The third kappa shape index (κ3) is 5.37. The van der Waals surface area contributed by atoms with Crippen molar-refractivity contribution in [2.24, 2.45) is 0 Å². The van der Waals surface area contributed by atoms with Crippen LogP contribution in [0.1, 0.15) is 68.2 Å². The Balaban J connectivity index is 1.13. The summed E-state index contributed by atoms with van der Waals surface area (Å²) in [6.07, 6.45) is 6.27. The van der Waals surface area contributed by atoms with Gasteiger partial charge in [0.15, 0.2) is 0 Å². The molecule has 1 spiro atoms. The molecule has 0 unspecified atom stereocenters. The highest BCUT2D eigenvalue weighted by Gasteiger charge is 2.44. The van der Waals surface area contributed by atoms with Gasteiger partial charge in [0.1, 0.15) is 0 Å². The monoisotopic (exact) mass is 745 g/mol. The molecule has 0 aliphatic heterocycles. The molecule has 3 aliphatic carbocycles. The van der Waals surface area contributed by atoms with Crippen LogP contribution in [0.5, 0.6) is 0 Å². The molecular formula is C57H47N. The van der Waals surface area contributed by atoms with E-state index in [0.717, 1.165) is 11.4 Å². The Hall–Kier alpha value is -6.44. The Labute approximate surface area is 343 Å². The minimum absolute atomic E-state index is 0.0608. The number of anilines is 3. The summed E-state index contributed by atoms with van der Waals surface area (Å²) in [7, 11) is 0. The van der Waals surface area contributed by atoms with Gasteiger partial charge in [0.25, 0.3) is 0 Å². The van der Waals surface area contributed by atoms with Crippen molar-refractivity contribution in [2.75, 3.05) is 4.90 Å². The fourth-order valence-corrected chi connectivity index (χ4v) is 11.0. The second-order valence-corrected chi connectivity index (χ2v) is 17.2. The van der Waals surface area contributed by atoms with Crippen LogP contribution in [0, 0.1) is 0 Å². The molecule has 8 aromatic rings. The lowest BCUT2D eigenvalue weighted by Crippen LogP contribution is -2.28. The van der Waals surface area contributed by atoms with E-state index in [0.29, 0.717) is 0 Å². The van der Waals surface area contributed by atoms with Crippen molar-refractivity contribution in [1.29, 1.82) is 0 Å². The SMILES string of the molecule is CC1(C)c2ccccc2-c2cccc(-c3cccc(N(c4ccc(-c5ccccc5)c(-c5ccccc5)c4)c4ccc5c(c4)C4(CCCCC4)c4ccccc4-5)c3)c21. The van der Waals surface area contributed by atoms with Gasteiger partial charge in [0, 0.05) is 27.9 Å². The number of rotatable bonds is 6. The van der Waals surface area contributed by atoms with Gasteiger partial charge in [-0.05, 0) is 127 Å². The molecule has 1 fully saturated rings. The van der Waals surface area contributed by atoms with E-state index in [2.05, 4.69) is 207 Å². The molecule has 0 amide bonds. The second kappa shape index (κ2) is 13.6. The maximum Gasteiger partial charge on any atom is 0.0468 e. The van der Waals surface area contributed by atoms with Gasteiger partial charge < -0.3 is 4.90 Å². The van der Waals surface area contributed by atoms with Gasteiger partial charge in [-0.3, -0.25) is 0 Å². The van der Waals surface area contributed by atoms with Crippen molar-refractivity contribution in [3.05, 3.63) is 210 Å². The summed E-state index contributed by atoms with van der Waals surface area (Å²) in [5, 5.41) is 0. The summed E-state index contributed by atoms with van der Waals surface area (Å²) in [5.41, 5.74) is 22.2.